The molecule has 0 aromatic heterocycles. The third-order valence-corrected chi connectivity index (χ3v) is 6.29. The van der Waals surface area contributed by atoms with E-state index in [0.29, 0.717) is 25.5 Å². The van der Waals surface area contributed by atoms with E-state index in [0.717, 1.165) is 42.5 Å². The van der Waals surface area contributed by atoms with Crippen LogP contribution >= 0.6 is 0 Å². The molecule has 2 aromatic carbocycles. The van der Waals surface area contributed by atoms with Gasteiger partial charge in [-0.15, -0.1) is 0 Å². The summed E-state index contributed by atoms with van der Waals surface area (Å²) in [5.41, 5.74) is 2.98. The summed E-state index contributed by atoms with van der Waals surface area (Å²) in [5, 5.41) is 0. The van der Waals surface area contributed by atoms with Gasteiger partial charge in [-0.05, 0) is 42.5 Å². The lowest BCUT2D eigenvalue weighted by atomic mass is 9.88. The van der Waals surface area contributed by atoms with Crippen LogP contribution in [0, 0.1) is 5.92 Å². The molecule has 2 aliphatic rings. The van der Waals surface area contributed by atoms with Gasteiger partial charge in [-0.25, -0.2) is 0 Å². The van der Waals surface area contributed by atoms with E-state index in [1.807, 2.05) is 52.3 Å². The molecule has 152 valence electrons. The van der Waals surface area contributed by atoms with Gasteiger partial charge in [-0.3, -0.25) is 9.59 Å². The number of amides is 2. The van der Waals surface area contributed by atoms with E-state index in [4.69, 9.17) is 0 Å². The third kappa shape index (κ3) is 4.69. The van der Waals surface area contributed by atoms with Gasteiger partial charge in [0, 0.05) is 37.7 Å². The molecule has 1 aliphatic carbocycles. The first-order chi connectivity index (χ1) is 14.2. The molecule has 1 aliphatic heterocycles. The van der Waals surface area contributed by atoms with Crippen molar-refractivity contribution in [1.29, 1.82) is 0 Å². The summed E-state index contributed by atoms with van der Waals surface area (Å²) in [6.07, 6.45) is 6.53. The maximum absolute atomic E-state index is 13.0. The Morgan fingerprint density at radius 2 is 1.28 bits per heavy atom. The number of hydrogen-bond donors (Lipinski definition) is 0. The Kier molecular flexibility index (Phi) is 6.28. The Bertz CT molecular complexity index is 826. The molecule has 4 nitrogen and oxygen atoms in total. The second-order valence-corrected chi connectivity index (χ2v) is 8.25. The summed E-state index contributed by atoms with van der Waals surface area (Å²) in [7, 11) is 0. The predicted octanol–water partition coefficient (Wildman–Crippen LogP) is 4.61. The monoisotopic (exact) mass is 390 g/mol. The highest BCUT2D eigenvalue weighted by atomic mass is 16.2. The minimum atomic E-state index is 0.0663. The summed E-state index contributed by atoms with van der Waals surface area (Å²) < 4.78 is 0. The molecule has 1 heterocycles. The van der Waals surface area contributed by atoms with Crippen LogP contribution in [0.15, 0.2) is 54.6 Å². The smallest absolute Gasteiger partial charge is 0.253 e. The van der Waals surface area contributed by atoms with Crippen LogP contribution in [-0.2, 0) is 4.79 Å². The van der Waals surface area contributed by atoms with Gasteiger partial charge in [-0.2, -0.15) is 0 Å². The molecule has 1 saturated heterocycles. The lowest BCUT2D eigenvalue weighted by Crippen LogP contribution is -2.40. The van der Waals surface area contributed by atoms with Crippen LogP contribution < -0.4 is 0 Å². The summed E-state index contributed by atoms with van der Waals surface area (Å²) >= 11 is 0. The molecule has 0 spiro atoms. The van der Waals surface area contributed by atoms with Crippen LogP contribution in [0.3, 0.4) is 0 Å². The fourth-order valence-electron chi connectivity index (χ4n) is 4.57. The summed E-state index contributed by atoms with van der Waals surface area (Å²) in [6.45, 7) is 2.76. The lowest BCUT2D eigenvalue weighted by molar-refractivity contribution is -0.136. The van der Waals surface area contributed by atoms with Crippen LogP contribution in [0.2, 0.25) is 0 Å². The topological polar surface area (TPSA) is 40.6 Å². The Labute approximate surface area is 173 Å². The fourth-order valence-corrected chi connectivity index (χ4v) is 4.57. The Morgan fingerprint density at radius 1 is 0.655 bits per heavy atom. The normalized spacial score (nSPS) is 18.3. The van der Waals surface area contributed by atoms with Crippen molar-refractivity contribution in [2.45, 2.75) is 38.5 Å². The number of rotatable bonds is 3. The Morgan fingerprint density at radius 3 is 2.00 bits per heavy atom. The molecule has 0 radical (unpaired) electrons. The first kappa shape index (κ1) is 19.7. The molecule has 4 heteroatoms. The average Bonchev–Trinajstić information content (AvgIpc) is 3.06. The minimum Gasteiger partial charge on any atom is -0.341 e. The van der Waals surface area contributed by atoms with E-state index in [-0.39, 0.29) is 11.8 Å². The van der Waals surface area contributed by atoms with Gasteiger partial charge in [0.1, 0.15) is 0 Å². The number of hydrogen-bond acceptors (Lipinski definition) is 2. The molecule has 0 unspecified atom stereocenters. The van der Waals surface area contributed by atoms with Crippen molar-refractivity contribution in [2.24, 2.45) is 5.92 Å². The zero-order valence-corrected chi connectivity index (χ0v) is 17.1. The number of carbonyl (C=O) groups excluding carboxylic acids is 2. The van der Waals surface area contributed by atoms with Crippen LogP contribution in [0.4, 0.5) is 0 Å². The zero-order valence-electron chi connectivity index (χ0n) is 17.1. The first-order valence-corrected chi connectivity index (χ1v) is 11.0. The fraction of sp³-hybridized carbons (Fsp3) is 0.440. The lowest BCUT2D eigenvalue weighted by Gasteiger charge is -2.28. The van der Waals surface area contributed by atoms with Crippen molar-refractivity contribution < 1.29 is 9.59 Å². The third-order valence-electron chi connectivity index (χ3n) is 6.29. The predicted molar refractivity (Wildman–Crippen MR) is 116 cm³/mol. The van der Waals surface area contributed by atoms with Gasteiger partial charge in [0.25, 0.3) is 5.91 Å². The van der Waals surface area contributed by atoms with Crippen molar-refractivity contribution in [3.63, 3.8) is 0 Å². The van der Waals surface area contributed by atoms with E-state index in [1.165, 1.54) is 19.3 Å². The van der Waals surface area contributed by atoms with Crippen molar-refractivity contribution in [3.8, 4) is 11.1 Å². The van der Waals surface area contributed by atoms with Crippen LogP contribution in [-0.4, -0.2) is 47.8 Å². The molecule has 29 heavy (non-hydrogen) atoms. The van der Waals surface area contributed by atoms with Gasteiger partial charge in [0.05, 0.1) is 0 Å². The second-order valence-electron chi connectivity index (χ2n) is 8.25. The zero-order chi connectivity index (χ0) is 20.1. The van der Waals surface area contributed by atoms with Gasteiger partial charge >= 0.3 is 0 Å². The van der Waals surface area contributed by atoms with Crippen molar-refractivity contribution >= 4 is 11.8 Å². The SMILES string of the molecule is O=C(c1ccc(-c2ccccc2)cc1)N1CCCN(C(=O)C2CCCCC2)CC1. The molecule has 2 fully saturated rings. The molecule has 0 N–H and O–H groups in total. The molecular weight excluding hydrogens is 360 g/mol. The van der Waals surface area contributed by atoms with E-state index in [1.54, 1.807) is 0 Å². The van der Waals surface area contributed by atoms with Crippen LogP contribution in [0.1, 0.15) is 48.9 Å². The molecule has 1 saturated carbocycles. The first-order valence-electron chi connectivity index (χ1n) is 11.0. The van der Waals surface area contributed by atoms with Gasteiger partial charge in [-0.1, -0.05) is 61.7 Å². The van der Waals surface area contributed by atoms with Gasteiger partial charge in [0.2, 0.25) is 5.91 Å². The van der Waals surface area contributed by atoms with Crippen molar-refractivity contribution in [3.05, 3.63) is 60.2 Å². The van der Waals surface area contributed by atoms with E-state index >= 15 is 0 Å². The quantitative estimate of drug-likeness (QED) is 0.768. The highest BCUT2D eigenvalue weighted by molar-refractivity contribution is 5.94. The molecule has 0 bridgehead atoms. The summed E-state index contributed by atoms with van der Waals surface area (Å²) in [6, 6.07) is 18.0. The van der Waals surface area contributed by atoms with Crippen molar-refractivity contribution in [1.82, 2.24) is 9.80 Å². The van der Waals surface area contributed by atoms with E-state index < -0.39 is 0 Å². The summed E-state index contributed by atoms with van der Waals surface area (Å²) in [4.78, 5) is 29.8. The molecule has 2 aromatic rings. The van der Waals surface area contributed by atoms with Crippen LogP contribution in [0.25, 0.3) is 11.1 Å². The van der Waals surface area contributed by atoms with Gasteiger partial charge in [0.15, 0.2) is 0 Å². The Balaban J connectivity index is 1.37. The van der Waals surface area contributed by atoms with E-state index in [2.05, 4.69) is 12.1 Å². The average molecular weight is 391 g/mol. The number of benzene rings is 2. The molecule has 2 amide bonds. The second kappa shape index (κ2) is 9.25. The van der Waals surface area contributed by atoms with Crippen LogP contribution in [0.5, 0.6) is 0 Å². The molecule has 0 atom stereocenters. The summed E-state index contributed by atoms with van der Waals surface area (Å²) in [5.74, 6) is 0.583. The maximum Gasteiger partial charge on any atom is 0.253 e. The highest BCUT2D eigenvalue weighted by Crippen LogP contribution is 2.26. The number of carbonyl (C=O) groups is 2. The largest absolute Gasteiger partial charge is 0.341 e. The Hall–Kier alpha value is -2.62. The molecule has 4 rings (SSSR count). The minimum absolute atomic E-state index is 0.0663. The van der Waals surface area contributed by atoms with Crippen molar-refractivity contribution in [2.75, 3.05) is 26.2 Å². The molecular formula is C25H30N2O2. The van der Waals surface area contributed by atoms with E-state index in [9.17, 15) is 9.59 Å². The number of nitrogens with zero attached hydrogens (tertiary/aromatic N) is 2. The standard InChI is InChI=1S/C25H30N2O2/c28-24(22-10-5-2-6-11-22)26-16-7-17-27(19-18-26)25(29)23-14-12-21(13-15-23)20-8-3-1-4-9-20/h1,3-4,8-9,12-15,22H,2,5-7,10-11,16-19H2. The maximum atomic E-state index is 13.0. The van der Waals surface area contributed by atoms with Gasteiger partial charge < -0.3 is 9.80 Å². The highest BCUT2D eigenvalue weighted by Gasteiger charge is 2.28.